The van der Waals surface area contributed by atoms with E-state index >= 15 is 0 Å². The van der Waals surface area contributed by atoms with Crippen molar-refractivity contribution >= 4 is 11.6 Å². The zero-order chi connectivity index (χ0) is 17.2. The van der Waals surface area contributed by atoms with Crippen molar-refractivity contribution in [3.05, 3.63) is 35.4 Å². The first-order chi connectivity index (χ1) is 10.7. The van der Waals surface area contributed by atoms with Gasteiger partial charge < -0.3 is 15.3 Å². The lowest BCUT2D eigenvalue weighted by molar-refractivity contribution is -0.132. The van der Waals surface area contributed by atoms with E-state index in [0.717, 1.165) is 18.2 Å². The summed E-state index contributed by atoms with van der Waals surface area (Å²) >= 11 is 0. The fourth-order valence-corrected chi connectivity index (χ4v) is 1.98. The lowest BCUT2D eigenvalue weighted by Gasteiger charge is -2.28. The SMILES string of the molecule is CC(C)C(C)(O)CNC(=O)C1CC(c2cc(F)ccc2F)=NO1. The van der Waals surface area contributed by atoms with Crippen LogP contribution in [0.25, 0.3) is 0 Å². The summed E-state index contributed by atoms with van der Waals surface area (Å²) in [6.07, 6.45) is -0.883. The fourth-order valence-electron chi connectivity index (χ4n) is 1.98. The predicted molar refractivity (Wildman–Crippen MR) is 80.9 cm³/mol. The molecular formula is C16H20F2N2O3. The van der Waals surface area contributed by atoms with E-state index in [0.29, 0.717) is 0 Å². The molecule has 0 aliphatic carbocycles. The van der Waals surface area contributed by atoms with Crippen molar-refractivity contribution < 1.29 is 23.5 Å². The molecule has 2 N–H and O–H groups in total. The van der Waals surface area contributed by atoms with E-state index in [1.807, 2.05) is 13.8 Å². The molecule has 1 aliphatic heterocycles. The summed E-state index contributed by atoms with van der Waals surface area (Å²) < 4.78 is 26.9. The van der Waals surface area contributed by atoms with Gasteiger partial charge in [-0.3, -0.25) is 4.79 Å². The number of aliphatic hydroxyl groups is 1. The highest BCUT2D eigenvalue weighted by molar-refractivity contribution is 6.04. The molecule has 2 unspecified atom stereocenters. The standard InChI is InChI=1S/C16H20F2N2O3/c1-9(2)16(3,22)8-19-15(21)14-7-13(20-23-14)11-6-10(17)4-5-12(11)18/h4-6,9,14,22H,7-8H2,1-3H3,(H,19,21). The molecule has 0 saturated carbocycles. The Bertz CT molecular complexity index is 630. The van der Waals surface area contributed by atoms with Crippen LogP contribution in [0.4, 0.5) is 8.78 Å². The van der Waals surface area contributed by atoms with Crippen LogP contribution in [0.15, 0.2) is 23.4 Å². The van der Waals surface area contributed by atoms with Crippen molar-refractivity contribution in [2.75, 3.05) is 6.54 Å². The molecule has 5 nitrogen and oxygen atoms in total. The van der Waals surface area contributed by atoms with E-state index in [1.165, 1.54) is 0 Å². The minimum Gasteiger partial charge on any atom is -0.388 e. The van der Waals surface area contributed by atoms with Crippen LogP contribution in [-0.2, 0) is 9.63 Å². The molecule has 23 heavy (non-hydrogen) atoms. The summed E-state index contributed by atoms with van der Waals surface area (Å²) in [5.41, 5.74) is -0.890. The van der Waals surface area contributed by atoms with E-state index in [4.69, 9.17) is 4.84 Å². The van der Waals surface area contributed by atoms with Gasteiger partial charge in [0.1, 0.15) is 11.6 Å². The second kappa shape index (κ2) is 6.62. The molecule has 7 heteroatoms. The second-order valence-corrected chi connectivity index (χ2v) is 6.19. The molecule has 2 atom stereocenters. The first-order valence-electron chi connectivity index (χ1n) is 7.39. The first kappa shape index (κ1) is 17.3. The summed E-state index contributed by atoms with van der Waals surface area (Å²) in [5, 5.41) is 16.4. The lowest BCUT2D eigenvalue weighted by Crippen LogP contribution is -2.47. The largest absolute Gasteiger partial charge is 0.388 e. The zero-order valence-corrected chi connectivity index (χ0v) is 13.3. The number of hydrogen-bond donors (Lipinski definition) is 2. The molecule has 0 spiro atoms. The maximum absolute atomic E-state index is 13.7. The average molecular weight is 326 g/mol. The van der Waals surface area contributed by atoms with Crippen LogP contribution in [-0.4, -0.2) is 35.0 Å². The van der Waals surface area contributed by atoms with Crippen molar-refractivity contribution in [2.45, 2.75) is 38.9 Å². The molecule has 1 heterocycles. The lowest BCUT2D eigenvalue weighted by atomic mass is 9.92. The maximum atomic E-state index is 13.7. The smallest absolute Gasteiger partial charge is 0.264 e. The second-order valence-electron chi connectivity index (χ2n) is 6.19. The Balaban J connectivity index is 1.96. The van der Waals surface area contributed by atoms with Gasteiger partial charge in [-0.15, -0.1) is 0 Å². The van der Waals surface area contributed by atoms with Crippen molar-refractivity contribution in [1.82, 2.24) is 5.32 Å². The van der Waals surface area contributed by atoms with Crippen LogP contribution >= 0.6 is 0 Å². The van der Waals surface area contributed by atoms with Gasteiger partial charge in [0.05, 0.1) is 11.3 Å². The van der Waals surface area contributed by atoms with Gasteiger partial charge >= 0.3 is 0 Å². The average Bonchev–Trinajstić information content (AvgIpc) is 2.97. The van der Waals surface area contributed by atoms with Gasteiger partial charge in [-0.25, -0.2) is 8.78 Å². The molecule has 0 aromatic heterocycles. The fraction of sp³-hybridized carbons (Fsp3) is 0.500. The van der Waals surface area contributed by atoms with Crippen LogP contribution in [0.2, 0.25) is 0 Å². The number of rotatable bonds is 5. The number of amides is 1. The molecule has 1 aromatic carbocycles. The van der Waals surface area contributed by atoms with E-state index in [2.05, 4.69) is 10.5 Å². The van der Waals surface area contributed by atoms with Gasteiger partial charge in [0, 0.05) is 18.5 Å². The number of benzene rings is 1. The van der Waals surface area contributed by atoms with Gasteiger partial charge in [-0.05, 0) is 31.0 Å². The monoisotopic (exact) mass is 326 g/mol. The molecule has 0 saturated heterocycles. The van der Waals surface area contributed by atoms with Gasteiger partial charge in [-0.2, -0.15) is 0 Å². The van der Waals surface area contributed by atoms with Crippen molar-refractivity contribution in [1.29, 1.82) is 0 Å². The molecule has 0 bridgehead atoms. The molecule has 1 amide bonds. The number of carbonyl (C=O) groups excluding carboxylic acids is 1. The van der Waals surface area contributed by atoms with Crippen LogP contribution < -0.4 is 5.32 Å². The van der Waals surface area contributed by atoms with Gasteiger partial charge in [0.25, 0.3) is 5.91 Å². The Morgan fingerprint density at radius 2 is 2.22 bits per heavy atom. The van der Waals surface area contributed by atoms with Gasteiger partial charge in [-0.1, -0.05) is 19.0 Å². The quantitative estimate of drug-likeness (QED) is 0.869. The number of nitrogens with zero attached hydrogens (tertiary/aromatic N) is 1. The first-order valence-corrected chi connectivity index (χ1v) is 7.39. The minimum atomic E-state index is -1.05. The third-order valence-corrected chi connectivity index (χ3v) is 4.06. The van der Waals surface area contributed by atoms with Crippen LogP contribution in [0, 0.1) is 17.6 Å². The maximum Gasteiger partial charge on any atom is 0.264 e. The number of hydrogen-bond acceptors (Lipinski definition) is 4. The summed E-state index contributed by atoms with van der Waals surface area (Å²) in [4.78, 5) is 17.1. The van der Waals surface area contributed by atoms with Crippen LogP contribution in [0.5, 0.6) is 0 Å². The van der Waals surface area contributed by atoms with Crippen molar-refractivity contribution in [3.8, 4) is 0 Å². The Hall–Kier alpha value is -2.02. The molecular weight excluding hydrogens is 306 g/mol. The topological polar surface area (TPSA) is 70.9 Å². The Morgan fingerprint density at radius 3 is 2.87 bits per heavy atom. The number of nitrogens with one attached hydrogen (secondary N) is 1. The van der Waals surface area contributed by atoms with Crippen molar-refractivity contribution in [3.63, 3.8) is 0 Å². The Kier molecular flexibility index (Phi) is 4.99. The number of oxime groups is 1. The normalized spacial score (nSPS) is 20.0. The van der Waals surface area contributed by atoms with E-state index < -0.39 is 29.2 Å². The van der Waals surface area contributed by atoms with E-state index in [1.54, 1.807) is 6.92 Å². The highest BCUT2D eigenvalue weighted by atomic mass is 19.1. The third-order valence-electron chi connectivity index (χ3n) is 4.06. The summed E-state index contributed by atoms with van der Waals surface area (Å²) in [7, 11) is 0. The molecule has 126 valence electrons. The van der Waals surface area contributed by atoms with Crippen LogP contribution in [0.1, 0.15) is 32.8 Å². The molecule has 1 aromatic rings. The minimum absolute atomic E-state index is 0.0190. The summed E-state index contributed by atoms with van der Waals surface area (Å²) in [6, 6.07) is 3.02. The molecule has 1 aliphatic rings. The summed E-state index contributed by atoms with van der Waals surface area (Å²) in [5.74, 6) is -1.72. The van der Waals surface area contributed by atoms with E-state index in [-0.39, 0.29) is 30.2 Å². The molecule has 0 radical (unpaired) electrons. The zero-order valence-electron chi connectivity index (χ0n) is 13.3. The Labute approximate surface area is 133 Å². The van der Waals surface area contributed by atoms with E-state index in [9.17, 15) is 18.7 Å². The van der Waals surface area contributed by atoms with Crippen LogP contribution in [0.3, 0.4) is 0 Å². The summed E-state index contributed by atoms with van der Waals surface area (Å²) in [6.45, 7) is 5.36. The highest BCUT2D eigenvalue weighted by Crippen LogP contribution is 2.20. The Morgan fingerprint density at radius 1 is 1.52 bits per heavy atom. The molecule has 2 rings (SSSR count). The van der Waals surface area contributed by atoms with Gasteiger partial charge in [0.15, 0.2) is 0 Å². The highest BCUT2D eigenvalue weighted by Gasteiger charge is 2.32. The predicted octanol–water partition coefficient (Wildman–Crippen LogP) is 1.98. The van der Waals surface area contributed by atoms with Crippen molar-refractivity contribution in [2.24, 2.45) is 11.1 Å². The number of carbonyl (C=O) groups is 1. The number of halogens is 2. The molecule has 0 fully saturated rings. The van der Waals surface area contributed by atoms with Gasteiger partial charge in [0.2, 0.25) is 6.10 Å². The third kappa shape index (κ3) is 4.04.